The third-order valence-corrected chi connectivity index (χ3v) is 2.77. The van der Waals surface area contributed by atoms with Crippen molar-refractivity contribution in [3.63, 3.8) is 0 Å². The minimum Gasteiger partial charge on any atom is -0.494 e. The lowest BCUT2D eigenvalue weighted by Crippen LogP contribution is -2.16. The predicted molar refractivity (Wildman–Crippen MR) is 52.6 cm³/mol. The summed E-state index contributed by atoms with van der Waals surface area (Å²) in [7, 11) is 1.35. The van der Waals surface area contributed by atoms with E-state index in [9.17, 15) is 8.78 Å². The maximum Gasteiger partial charge on any atom is 0.172 e. The highest BCUT2D eigenvalue weighted by molar-refractivity contribution is 5.35. The molecular weight excluding hydrogens is 200 g/mol. The van der Waals surface area contributed by atoms with E-state index in [0.29, 0.717) is 0 Å². The Kier molecular flexibility index (Phi) is 2.61. The zero-order chi connectivity index (χ0) is 11.0. The fourth-order valence-corrected chi connectivity index (χ4v) is 1.70. The van der Waals surface area contributed by atoms with E-state index >= 15 is 0 Å². The monoisotopic (exact) mass is 213 g/mol. The van der Waals surface area contributed by atoms with E-state index in [1.54, 1.807) is 0 Å². The van der Waals surface area contributed by atoms with Gasteiger partial charge in [-0.1, -0.05) is 0 Å². The van der Waals surface area contributed by atoms with Crippen molar-refractivity contribution in [2.45, 2.75) is 18.9 Å². The Morgan fingerprint density at radius 3 is 2.60 bits per heavy atom. The second kappa shape index (κ2) is 3.77. The van der Waals surface area contributed by atoms with Gasteiger partial charge in [-0.25, -0.2) is 8.78 Å². The first-order valence-corrected chi connectivity index (χ1v) is 4.92. The minimum atomic E-state index is -0.670. The van der Waals surface area contributed by atoms with Gasteiger partial charge in [-0.2, -0.15) is 0 Å². The van der Waals surface area contributed by atoms with Crippen molar-refractivity contribution in [2.75, 3.05) is 7.11 Å². The van der Waals surface area contributed by atoms with Crippen molar-refractivity contribution in [3.05, 3.63) is 29.3 Å². The first-order valence-electron chi connectivity index (χ1n) is 4.92. The molecule has 1 atom stereocenters. The van der Waals surface area contributed by atoms with Crippen LogP contribution < -0.4 is 10.5 Å². The number of nitrogens with two attached hydrogens (primary N) is 1. The topological polar surface area (TPSA) is 35.2 Å². The molecule has 0 heterocycles. The molecule has 0 aliphatic heterocycles. The van der Waals surface area contributed by atoms with E-state index < -0.39 is 17.7 Å². The molecule has 2 rings (SSSR count). The van der Waals surface area contributed by atoms with Crippen molar-refractivity contribution in [2.24, 2.45) is 11.7 Å². The third-order valence-electron chi connectivity index (χ3n) is 2.77. The number of hydrogen-bond donors (Lipinski definition) is 1. The van der Waals surface area contributed by atoms with Crippen LogP contribution in [0.15, 0.2) is 12.1 Å². The minimum absolute atomic E-state index is 0.0440. The lowest BCUT2D eigenvalue weighted by Gasteiger charge is -2.14. The first kappa shape index (κ1) is 10.4. The number of ether oxygens (including phenoxy) is 1. The number of halogens is 2. The van der Waals surface area contributed by atoms with E-state index in [1.165, 1.54) is 19.2 Å². The van der Waals surface area contributed by atoms with Crippen molar-refractivity contribution in [3.8, 4) is 5.75 Å². The zero-order valence-corrected chi connectivity index (χ0v) is 8.47. The number of benzene rings is 1. The molecule has 0 aromatic heterocycles. The molecule has 0 spiro atoms. The van der Waals surface area contributed by atoms with Crippen LogP contribution in [-0.4, -0.2) is 7.11 Å². The molecule has 0 unspecified atom stereocenters. The molecule has 2 N–H and O–H groups in total. The van der Waals surface area contributed by atoms with E-state index in [-0.39, 0.29) is 17.2 Å². The molecule has 2 nitrogen and oxygen atoms in total. The summed E-state index contributed by atoms with van der Waals surface area (Å²) in [5.41, 5.74) is 5.75. The summed E-state index contributed by atoms with van der Waals surface area (Å²) in [6.45, 7) is 0. The van der Waals surface area contributed by atoms with Crippen molar-refractivity contribution in [1.29, 1.82) is 0 Å². The van der Waals surface area contributed by atoms with Gasteiger partial charge in [0.15, 0.2) is 11.6 Å². The number of rotatable bonds is 3. The summed E-state index contributed by atoms with van der Waals surface area (Å²) in [6.07, 6.45) is 1.88. The van der Waals surface area contributed by atoms with Gasteiger partial charge < -0.3 is 10.5 Å². The molecule has 1 fully saturated rings. The molecule has 0 amide bonds. The summed E-state index contributed by atoms with van der Waals surface area (Å²) in [6, 6.07) is 1.91. The molecule has 1 aliphatic rings. The van der Waals surface area contributed by atoms with Crippen molar-refractivity contribution < 1.29 is 13.5 Å². The van der Waals surface area contributed by atoms with E-state index in [4.69, 9.17) is 10.5 Å². The molecule has 0 saturated heterocycles. The average Bonchev–Trinajstić information content (AvgIpc) is 3.01. The van der Waals surface area contributed by atoms with Crippen molar-refractivity contribution in [1.82, 2.24) is 0 Å². The highest BCUT2D eigenvalue weighted by atomic mass is 19.1. The fourth-order valence-electron chi connectivity index (χ4n) is 1.70. The zero-order valence-electron chi connectivity index (χ0n) is 8.47. The Morgan fingerprint density at radius 1 is 1.40 bits per heavy atom. The normalized spacial score (nSPS) is 17.6. The van der Waals surface area contributed by atoms with Crippen molar-refractivity contribution >= 4 is 0 Å². The lowest BCUT2D eigenvalue weighted by molar-refractivity contribution is 0.376. The molecule has 0 bridgehead atoms. The molecule has 1 aromatic rings. The maximum absolute atomic E-state index is 13.7. The van der Waals surface area contributed by atoms with Gasteiger partial charge in [0.05, 0.1) is 7.11 Å². The van der Waals surface area contributed by atoms with Gasteiger partial charge in [0.2, 0.25) is 0 Å². The molecular formula is C11H13F2NO. The number of hydrogen-bond acceptors (Lipinski definition) is 2. The molecule has 0 radical (unpaired) electrons. The Hall–Kier alpha value is -1.16. The SMILES string of the molecule is COc1ccc(F)c([C@H](N)C2CC2)c1F. The second-order valence-corrected chi connectivity index (χ2v) is 3.84. The van der Waals surface area contributed by atoms with Crippen LogP contribution in [0.5, 0.6) is 5.75 Å². The Morgan fingerprint density at radius 2 is 2.07 bits per heavy atom. The van der Waals surface area contributed by atoms with Crippen LogP contribution >= 0.6 is 0 Å². The smallest absolute Gasteiger partial charge is 0.172 e. The molecule has 4 heteroatoms. The lowest BCUT2D eigenvalue weighted by atomic mass is 10.0. The largest absolute Gasteiger partial charge is 0.494 e. The maximum atomic E-state index is 13.7. The van der Waals surface area contributed by atoms with Gasteiger partial charge in [0.1, 0.15) is 5.82 Å². The van der Waals surface area contributed by atoms with Crippen LogP contribution in [0.1, 0.15) is 24.4 Å². The third kappa shape index (κ3) is 1.81. The standard InChI is InChI=1S/C11H13F2NO/c1-15-8-5-4-7(12)9(10(8)13)11(14)6-2-3-6/h4-6,11H,2-3,14H2,1H3/t11-/m1/s1. The van der Waals surface area contributed by atoms with E-state index in [2.05, 4.69) is 0 Å². The molecule has 1 saturated carbocycles. The van der Waals surface area contributed by atoms with E-state index in [0.717, 1.165) is 12.8 Å². The summed E-state index contributed by atoms with van der Waals surface area (Å²) in [5.74, 6) is -1.01. The van der Waals surface area contributed by atoms with Gasteiger partial charge in [-0.3, -0.25) is 0 Å². The van der Waals surface area contributed by atoms with Crippen LogP contribution in [0, 0.1) is 17.6 Å². The van der Waals surface area contributed by atoms with Gasteiger partial charge >= 0.3 is 0 Å². The number of methoxy groups -OCH3 is 1. The van der Waals surface area contributed by atoms with Gasteiger partial charge in [0, 0.05) is 11.6 Å². The summed E-state index contributed by atoms with van der Waals surface area (Å²) < 4.78 is 32.0. The molecule has 15 heavy (non-hydrogen) atoms. The summed E-state index contributed by atoms with van der Waals surface area (Å²) in [5, 5.41) is 0. The molecule has 82 valence electrons. The second-order valence-electron chi connectivity index (χ2n) is 3.84. The highest BCUT2D eigenvalue weighted by Gasteiger charge is 2.33. The van der Waals surface area contributed by atoms with Crippen LogP contribution in [0.25, 0.3) is 0 Å². The van der Waals surface area contributed by atoms with Crippen LogP contribution in [-0.2, 0) is 0 Å². The Balaban J connectivity index is 2.42. The van der Waals surface area contributed by atoms with Gasteiger partial charge in [0.25, 0.3) is 0 Å². The van der Waals surface area contributed by atoms with Crippen LogP contribution in [0.2, 0.25) is 0 Å². The van der Waals surface area contributed by atoms with E-state index in [1.807, 2.05) is 0 Å². The summed E-state index contributed by atoms with van der Waals surface area (Å²) >= 11 is 0. The fraction of sp³-hybridized carbons (Fsp3) is 0.455. The first-order chi connectivity index (χ1) is 7.15. The summed E-state index contributed by atoms with van der Waals surface area (Å²) in [4.78, 5) is 0. The quantitative estimate of drug-likeness (QED) is 0.836. The highest BCUT2D eigenvalue weighted by Crippen LogP contribution is 2.42. The van der Waals surface area contributed by atoms with Crippen LogP contribution in [0.4, 0.5) is 8.78 Å². The molecule has 1 aliphatic carbocycles. The molecule has 1 aromatic carbocycles. The van der Waals surface area contributed by atoms with Crippen LogP contribution in [0.3, 0.4) is 0 Å². The van der Waals surface area contributed by atoms with Gasteiger partial charge in [-0.15, -0.1) is 0 Å². The van der Waals surface area contributed by atoms with Gasteiger partial charge in [-0.05, 0) is 30.9 Å². The Bertz CT molecular complexity index is 377. The predicted octanol–water partition coefficient (Wildman–Crippen LogP) is 2.38. The average molecular weight is 213 g/mol. The Labute approximate surface area is 87.0 Å².